The fraction of sp³-hybridized carbons (Fsp3) is 0.333. The zero-order chi connectivity index (χ0) is 22.0. The van der Waals surface area contributed by atoms with E-state index in [-0.39, 0.29) is 23.0 Å². The molecule has 0 radical (unpaired) electrons. The quantitative estimate of drug-likeness (QED) is 0.538. The highest BCUT2D eigenvalue weighted by molar-refractivity contribution is 7.91. The molecule has 1 saturated heterocycles. The molecule has 0 N–H and O–H groups in total. The molecule has 10 heteroatoms. The number of anilines is 1. The molecule has 1 aromatic heterocycles. The summed E-state index contributed by atoms with van der Waals surface area (Å²) in [5.41, 5.74) is 0.798. The van der Waals surface area contributed by atoms with E-state index in [0.717, 1.165) is 15.3 Å². The summed E-state index contributed by atoms with van der Waals surface area (Å²) < 4.78 is 31.1. The summed E-state index contributed by atoms with van der Waals surface area (Å²) in [6, 6.07) is 11.9. The number of carbonyl (C=O) groups is 1. The third kappa shape index (κ3) is 4.78. The minimum atomic E-state index is -3.53. The van der Waals surface area contributed by atoms with Gasteiger partial charge in [0, 0.05) is 32.6 Å². The molecule has 31 heavy (non-hydrogen) atoms. The molecule has 1 aliphatic rings. The summed E-state index contributed by atoms with van der Waals surface area (Å²) in [6.45, 7) is 2.36. The largest absolute Gasteiger partial charge is 0.497 e. The number of aromatic nitrogens is 1. The average molecular weight is 480 g/mol. The van der Waals surface area contributed by atoms with Gasteiger partial charge in [0.15, 0.2) is 15.0 Å². The highest BCUT2D eigenvalue weighted by Gasteiger charge is 2.25. The van der Waals surface area contributed by atoms with Crippen LogP contribution in [0, 0.1) is 0 Å². The van der Waals surface area contributed by atoms with E-state index in [0.29, 0.717) is 37.0 Å². The minimum absolute atomic E-state index is 0.0366. The van der Waals surface area contributed by atoms with Gasteiger partial charge in [-0.25, -0.2) is 13.4 Å². The van der Waals surface area contributed by atoms with Crippen LogP contribution < -0.4 is 9.64 Å². The maximum atomic E-state index is 12.6. The van der Waals surface area contributed by atoms with Crippen LogP contribution in [0.3, 0.4) is 0 Å². The van der Waals surface area contributed by atoms with Crippen LogP contribution in [-0.2, 0) is 14.6 Å². The summed E-state index contributed by atoms with van der Waals surface area (Å²) in [4.78, 5) is 21.3. The molecule has 1 amide bonds. The molecule has 2 heterocycles. The second kappa shape index (κ2) is 9.02. The average Bonchev–Trinajstić information content (AvgIpc) is 3.23. The van der Waals surface area contributed by atoms with Gasteiger partial charge in [-0.05, 0) is 36.4 Å². The molecule has 0 unspecified atom stereocenters. The number of thiazole rings is 1. The van der Waals surface area contributed by atoms with Gasteiger partial charge in [0.2, 0.25) is 5.91 Å². The van der Waals surface area contributed by atoms with Gasteiger partial charge in [0.05, 0.1) is 27.5 Å². The number of para-hydroxylation sites is 1. The van der Waals surface area contributed by atoms with Gasteiger partial charge in [-0.3, -0.25) is 4.79 Å². The van der Waals surface area contributed by atoms with Gasteiger partial charge >= 0.3 is 0 Å². The first-order valence-electron chi connectivity index (χ1n) is 9.82. The smallest absolute Gasteiger partial charge is 0.223 e. The highest BCUT2D eigenvalue weighted by atomic mass is 35.5. The van der Waals surface area contributed by atoms with Crippen molar-refractivity contribution in [2.75, 3.05) is 43.9 Å². The maximum absolute atomic E-state index is 12.6. The lowest BCUT2D eigenvalue weighted by Crippen LogP contribution is -2.49. The van der Waals surface area contributed by atoms with Crippen LogP contribution in [0.4, 0.5) is 5.13 Å². The number of piperazine rings is 1. The number of fused-ring (bicyclic) bond motifs is 1. The van der Waals surface area contributed by atoms with Crippen molar-refractivity contribution in [3.8, 4) is 5.75 Å². The van der Waals surface area contributed by atoms with E-state index in [1.54, 1.807) is 28.4 Å². The lowest BCUT2D eigenvalue weighted by molar-refractivity contribution is -0.131. The summed E-state index contributed by atoms with van der Waals surface area (Å²) in [6.07, 6.45) is -0.0366. The predicted octanol–water partition coefficient (Wildman–Crippen LogP) is 3.47. The number of sulfone groups is 1. The Balaban J connectivity index is 1.33. The van der Waals surface area contributed by atoms with Crippen LogP contribution >= 0.6 is 22.9 Å². The highest BCUT2D eigenvalue weighted by Crippen LogP contribution is 2.33. The summed E-state index contributed by atoms with van der Waals surface area (Å²) >= 11 is 7.80. The number of hydrogen-bond donors (Lipinski definition) is 0. The van der Waals surface area contributed by atoms with Crippen molar-refractivity contribution >= 4 is 54.0 Å². The Bertz CT molecular complexity index is 1190. The van der Waals surface area contributed by atoms with E-state index in [1.807, 2.05) is 18.2 Å². The van der Waals surface area contributed by atoms with Crippen LogP contribution in [-0.4, -0.2) is 63.3 Å². The Morgan fingerprint density at radius 3 is 2.48 bits per heavy atom. The molecular weight excluding hydrogens is 458 g/mol. The molecular formula is C21H22ClN3O4S2. The maximum Gasteiger partial charge on any atom is 0.223 e. The number of carbonyl (C=O) groups excluding carboxylic acids is 1. The molecule has 7 nitrogen and oxygen atoms in total. The van der Waals surface area contributed by atoms with Crippen molar-refractivity contribution in [2.45, 2.75) is 11.3 Å². The van der Waals surface area contributed by atoms with E-state index < -0.39 is 9.84 Å². The number of halogens is 1. The molecule has 4 rings (SSSR count). The number of rotatable bonds is 6. The van der Waals surface area contributed by atoms with Crippen LogP contribution in [0.1, 0.15) is 6.42 Å². The van der Waals surface area contributed by atoms with Crippen molar-refractivity contribution in [2.24, 2.45) is 0 Å². The Morgan fingerprint density at radius 2 is 1.84 bits per heavy atom. The van der Waals surface area contributed by atoms with Crippen LogP contribution in [0.15, 0.2) is 47.4 Å². The van der Waals surface area contributed by atoms with Crippen molar-refractivity contribution in [1.82, 2.24) is 9.88 Å². The fourth-order valence-electron chi connectivity index (χ4n) is 3.47. The van der Waals surface area contributed by atoms with Crippen LogP contribution in [0.2, 0.25) is 5.02 Å². The standard InChI is InChI=1S/C21H22ClN3O4S2/c1-29-15-5-7-16(8-6-15)31(27,28)14-9-19(26)24-10-12-25(13-11-24)21-23-20-17(22)3-2-4-18(20)30-21/h2-8H,9-14H2,1H3. The van der Waals surface area contributed by atoms with Crippen LogP contribution in [0.25, 0.3) is 10.2 Å². The van der Waals surface area contributed by atoms with E-state index in [9.17, 15) is 13.2 Å². The van der Waals surface area contributed by atoms with Crippen molar-refractivity contribution in [1.29, 1.82) is 0 Å². The Kier molecular flexibility index (Phi) is 6.36. The third-order valence-corrected chi connectivity index (χ3v) is 8.38. The van der Waals surface area contributed by atoms with Crippen molar-refractivity contribution in [3.63, 3.8) is 0 Å². The van der Waals surface area contributed by atoms with Crippen molar-refractivity contribution in [3.05, 3.63) is 47.5 Å². The fourth-order valence-corrected chi connectivity index (χ4v) is 6.01. The van der Waals surface area contributed by atoms with E-state index in [4.69, 9.17) is 16.3 Å². The molecule has 2 aromatic carbocycles. The van der Waals surface area contributed by atoms with Gasteiger partial charge in [-0.2, -0.15) is 0 Å². The zero-order valence-electron chi connectivity index (χ0n) is 17.0. The first-order valence-corrected chi connectivity index (χ1v) is 12.7. The molecule has 1 aliphatic heterocycles. The lowest BCUT2D eigenvalue weighted by atomic mass is 10.3. The van der Waals surface area contributed by atoms with Crippen LogP contribution in [0.5, 0.6) is 5.75 Å². The molecule has 0 bridgehead atoms. The normalized spacial score (nSPS) is 14.8. The van der Waals surface area contributed by atoms with E-state index in [2.05, 4.69) is 9.88 Å². The minimum Gasteiger partial charge on any atom is -0.497 e. The number of hydrogen-bond acceptors (Lipinski definition) is 7. The predicted molar refractivity (Wildman–Crippen MR) is 123 cm³/mol. The molecule has 0 aliphatic carbocycles. The van der Waals surface area contributed by atoms with Gasteiger partial charge < -0.3 is 14.5 Å². The Labute approximate surface area is 190 Å². The zero-order valence-corrected chi connectivity index (χ0v) is 19.3. The summed E-state index contributed by atoms with van der Waals surface area (Å²) in [5, 5.41) is 1.52. The summed E-state index contributed by atoms with van der Waals surface area (Å²) in [5.74, 6) is 0.224. The monoisotopic (exact) mass is 479 g/mol. The molecule has 0 spiro atoms. The number of methoxy groups -OCH3 is 1. The molecule has 3 aromatic rings. The Morgan fingerprint density at radius 1 is 1.13 bits per heavy atom. The lowest BCUT2D eigenvalue weighted by Gasteiger charge is -2.34. The van der Waals surface area contributed by atoms with Gasteiger partial charge in [-0.15, -0.1) is 0 Å². The molecule has 164 valence electrons. The van der Waals surface area contributed by atoms with Gasteiger partial charge in [0.1, 0.15) is 11.3 Å². The van der Waals surface area contributed by atoms with Crippen molar-refractivity contribution < 1.29 is 17.9 Å². The number of ether oxygens (including phenoxy) is 1. The summed E-state index contributed by atoms with van der Waals surface area (Å²) in [7, 11) is -2.00. The second-order valence-corrected chi connectivity index (χ2v) is 10.7. The Hall–Kier alpha value is -2.36. The van der Waals surface area contributed by atoms with E-state index in [1.165, 1.54) is 19.2 Å². The van der Waals surface area contributed by atoms with Gasteiger partial charge in [0.25, 0.3) is 0 Å². The third-order valence-electron chi connectivity index (χ3n) is 5.26. The number of nitrogens with zero attached hydrogens (tertiary/aromatic N) is 3. The first-order chi connectivity index (χ1) is 14.9. The molecule has 0 saturated carbocycles. The molecule has 1 fully saturated rings. The van der Waals surface area contributed by atoms with E-state index >= 15 is 0 Å². The SMILES string of the molecule is COc1ccc(S(=O)(=O)CCC(=O)N2CCN(c3nc4c(Cl)cccc4s3)CC2)cc1. The number of amides is 1. The first kappa shape index (κ1) is 21.9. The topological polar surface area (TPSA) is 79.8 Å². The van der Waals surface area contributed by atoms with Gasteiger partial charge in [-0.1, -0.05) is 29.0 Å². The number of benzene rings is 2. The second-order valence-electron chi connectivity index (χ2n) is 7.20. The molecule has 0 atom stereocenters.